The Morgan fingerprint density at radius 3 is 2.60 bits per heavy atom. The molecule has 2 heterocycles. The van der Waals surface area contributed by atoms with Crippen LogP contribution in [0, 0.1) is 5.92 Å². The molecule has 0 amide bonds. The van der Waals surface area contributed by atoms with Crippen LogP contribution in [-0.2, 0) is 21.3 Å². The SMILES string of the molecule is COc1ccc2c3c1O[C@H]1C(OC)(OC)CC[C@@]4(O)[C@@H](C2)N(CC2CCC2)CC[C@]314. The molecule has 3 aliphatic carbocycles. The molecule has 3 fully saturated rings. The molecule has 4 atom stereocenters. The van der Waals surface area contributed by atoms with Gasteiger partial charge in [-0.1, -0.05) is 12.5 Å². The number of aliphatic hydroxyl groups is 1. The van der Waals surface area contributed by atoms with Crippen LogP contribution in [0.5, 0.6) is 11.5 Å². The molecular weight excluding hydrogens is 382 g/mol. The van der Waals surface area contributed by atoms with Crippen molar-refractivity contribution in [2.45, 2.75) is 73.9 Å². The summed E-state index contributed by atoms with van der Waals surface area (Å²) < 4.78 is 24.3. The second kappa shape index (κ2) is 6.35. The topological polar surface area (TPSA) is 60.4 Å². The van der Waals surface area contributed by atoms with Crippen molar-refractivity contribution in [2.24, 2.45) is 5.92 Å². The fourth-order valence-electron chi connectivity index (χ4n) is 7.47. The minimum absolute atomic E-state index is 0.108. The molecule has 1 aromatic rings. The van der Waals surface area contributed by atoms with Crippen LogP contribution in [0.3, 0.4) is 0 Å². The molecule has 2 aliphatic heterocycles. The summed E-state index contributed by atoms with van der Waals surface area (Å²) in [7, 11) is 5.07. The molecule has 5 aliphatic rings. The Kier molecular flexibility index (Phi) is 4.09. The van der Waals surface area contributed by atoms with Crippen molar-refractivity contribution in [1.82, 2.24) is 4.90 Å². The predicted molar refractivity (Wildman–Crippen MR) is 111 cm³/mol. The van der Waals surface area contributed by atoms with Crippen molar-refractivity contribution in [3.05, 3.63) is 23.3 Å². The third-order valence-electron chi connectivity index (χ3n) is 9.19. The number of piperidine rings is 1. The summed E-state index contributed by atoms with van der Waals surface area (Å²) in [5, 5.41) is 12.5. The summed E-state index contributed by atoms with van der Waals surface area (Å²) in [6, 6.07) is 4.30. The third kappa shape index (κ3) is 2.09. The van der Waals surface area contributed by atoms with Gasteiger partial charge in [0.2, 0.25) is 5.79 Å². The average molecular weight is 416 g/mol. The van der Waals surface area contributed by atoms with Gasteiger partial charge in [0.05, 0.1) is 18.1 Å². The lowest BCUT2D eigenvalue weighted by atomic mass is 9.48. The molecule has 1 saturated heterocycles. The second-order valence-electron chi connectivity index (χ2n) is 10.0. The Hall–Kier alpha value is -1.34. The highest BCUT2D eigenvalue weighted by molar-refractivity contribution is 5.63. The van der Waals surface area contributed by atoms with E-state index in [9.17, 15) is 5.11 Å². The summed E-state index contributed by atoms with van der Waals surface area (Å²) in [5.74, 6) is 1.43. The highest BCUT2D eigenvalue weighted by Crippen LogP contribution is 2.67. The fourth-order valence-corrected chi connectivity index (χ4v) is 7.47. The van der Waals surface area contributed by atoms with Crippen LogP contribution in [0.25, 0.3) is 0 Å². The van der Waals surface area contributed by atoms with Gasteiger partial charge in [0.25, 0.3) is 0 Å². The van der Waals surface area contributed by atoms with Gasteiger partial charge in [-0.05, 0) is 56.2 Å². The largest absolute Gasteiger partial charge is 0.493 e. The summed E-state index contributed by atoms with van der Waals surface area (Å²) in [5.41, 5.74) is 1.04. The van der Waals surface area contributed by atoms with Gasteiger partial charge in [0, 0.05) is 38.8 Å². The maximum absolute atomic E-state index is 12.5. The first kappa shape index (κ1) is 19.4. The smallest absolute Gasteiger partial charge is 0.206 e. The molecule has 6 nitrogen and oxygen atoms in total. The first-order valence-corrected chi connectivity index (χ1v) is 11.5. The lowest BCUT2D eigenvalue weighted by molar-refractivity contribution is -0.319. The summed E-state index contributed by atoms with van der Waals surface area (Å²) in [6.07, 6.45) is 6.58. The van der Waals surface area contributed by atoms with Crippen molar-refractivity contribution in [1.29, 1.82) is 0 Å². The molecule has 164 valence electrons. The number of methoxy groups -OCH3 is 3. The van der Waals surface area contributed by atoms with E-state index in [1.165, 1.54) is 24.8 Å². The van der Waals surface area contributed by atoms with Gasteiger partial charge < -0.3 is 24.1 Å². The highest BCUT2D eigenvalue weighted by Gasteiger charge is 2.76. The first-order valence-electron chi connectivity index (χ1n) is 11.5. The number of hydrogen-bond acceptors (Lipinski definition) is 6. The standard InChI is InChI=1S/C24H33NO5/c1-27-17-8-7-16-13-18-23(26)9-10-24(28-2,29-3)21-22(23,19(16)20(17)30-21)11-12-25(18)14-15-5-4-6-15/h7-8,15,18,21,26H,4-6,9-14H2,1-3H3/t18-,21-,22+,23-/m1/s1. The number of likely N-dealkylation sites (tertiary alicyclic amines) is 1. The van der Waals surface area contributed by atoms with E-state index < -0.39 is 22.9 Å². The zero-order chi connectivity index (χ0) is 20.7. The van der Waals surface area contributed by atoms with E-state index in [0.29, 0.717) is 12.8 Å². The molecule has 1 spiro atoms. The number of nitrogens with zero attached hydrogens (tertiary/aromatic N) is 1. The predicted octanol–water partition coefficient (Wildman–Crippen LogP) is 2.64. The van der Waals surface area contributed by atoms with Gasteiger partial charge in [-0.3, -0.25) is 4.90 Å². The molecule has 1 aromatic carbocycles. The quantitative estimate of drug-likeness (QED) is 0.746. The minimum Gasteiger partial charge on any atom is -0.493 e. The number of ether oxygens (including phenoxy) is 4. The van der Waals surface area contributed by atoms with Gasteiger partial charge in [-0.2, -0.15) is 0 Å². The summed E-state index contributed by atoms with van der Waals surface area (Å²) in [4.78, 5) is 2.59. The summed E-state index contributed by atoms with van der Waals surface area (Å²) >= 11 is 0. The normalized spacial score (nSPS) is 38.5. The Morgan fingerprint density at radius 2 is 1.93 bits per heavy atom. The number of benzene rings is 1. The van der Waals surface area contributed by atoms with Gasteiger partial charge in [-0.25, -0.2) is 0 Å². The van der Waals surface area contributed by atoms with Crippen LogP contribution >= 0.6 is 0 Å². The summed E-state index contributed by atoms with van der Waals surface area (Å²) in [6.45, 7) is 2.08. The number of hydrogen-bond donors (Lipinski definition) is 1. The third-order valence-corrected chi connectivity index (χ3v) is 9.19. The Morgan fingerprint density at radius 1 is 1.13 bits per heavy atom. The maximum Gasteiger partial charge on any atom is 0.206 e. The van der Waals surface area contributed by atoms with E-state index in [-0.39, 0.29) is 6.04 Å². The molecule has 6 heteroatoms. The monoisotopic (exact) mass is 415 g/mol. The lowest BCUT2D eigenvalue weighted by Crippen LogP contribution is -2.79. The number of rotatable bonds is 5. The fraction of sp³-hybridized carbons (Fsp3) is 0.750. The second-order valence-corrected chi connectivity index (χ2v) is 10.0. The van der Waals surface area contributed by atoms with E-state index in [0.717, 1.165) is 48.9 Å². The average Bonchev–Trinajstić information content (AvgIpc) is 3.08. The van der Waals surface area contributed by atoms with Crippen molar-refractivity contribution in [3.8, 4) is 11.5 Å². The lowest BCUT2D eigenvalue weighted by Gasteiger charge is -2.65. The van der Waals surface area contributed by atoms with Crippen LogP contribution in [-0.4, -0.2) is 68.0 Å². The van der Waals surface area contributed by atoms with E-state index in [1.54, 1.807) is 21.3 Å². The van der Waals surface area contributed by atoms with E-state index in [2.05, 4.69) is 11.0 Å². The molecule has 0 aromatic heterocycles. The minimum atomic E-state index is -0.869. The van der Waals surface area contributed by atoms with Crippen molar-refractivity contribution in [3.63, 3.8) is 0 Å². The van der Waals surface area contributed by atoms with Crippen LogP contribution in [0.15, 0.2) is 12.1 Å². The van der Waals surface area contributed by atoms with Crippen LogP contribution < -0.4 is 9.47 Å². The zero-order valence-corrected chi connectivity index (χ0v) is 18.3. The van der Waals surface area contributed by atoms with E-state index in [4.69, 9.17) is 18.9 Å². The Balaban J connectivity index is 1.54. The van der Waals surface area contributed by atoms with E-state index in [1.807, 2.05) is 6.07 Å². The van der Waals surface area contributed by atoms with Crippen LogP contribution in [0.4, 0.5) is 0 Å². The van der Waals surface area contributed by atoms with Crippen LogP contribution in [0.1, 0.15) is 49.7 Å². The molecule has 0 radical (unpaired) electrons. The van der Waals surface area contributed by atoms with Gasteiger partial charge >= 0.3 is 0 Å². The van der Waals surface area contributed by atoms with E-state index >= 15 is 0 Å². The van der Waals surface area contributed by atoms with Crippen LogP contribution in [0.2, 0.25) is 0 Å². The molecule has 2 bridgehead atoms. The maximum atomic E-state index is 12.5. The Labute approximate surface area is 178 Å². The van der Waals surface area contributed by atoms with Gasteiger partial charge in [0.15, 0.2) is 17.6 Å². The molecule has 6 rings (SSSR count). The van der Waals surface area contributed by atoms with Gasteiger partial charge in [-0.15, -0.1) is 0 Å². The van der Waals surface area contributed by atoms with Crippen molar-refractivity contribution in [2.75, 3.05) is 34.4 Å². The molecule has 2 saturated carbocycles. The van der Waals surface area contributed by atoms with Crippen molar-refractivity contribution >= 4 is 0 Å². The molecule has 0 unspecified atom stereocenters. The van der Waals surface area contributed by atoms with Crippen molar-refractivity contribution < 1.29 is 24.1 Å². The molecule has 1 N–H and O–H groups in total. The highest BCUT2D eigenvalue weighted by atomic mass is 16.7. The molecular formula is C24H33NO5. The first-order chi connectivity index (χ1) is 14.5. The Bertz CT molecular complexity index is 865. The molecule has 30 heavy (non-hydrogen) atoms. The van der Waals surface area contributed by atoms with Gasteiger partial charge in [0.1, 0.15) is 0 Å². The zero-order valence-electron chi connectivity index (χ0n) is 18.3.